The number of nitrogens with two attached hydrogens (primary N) is 1. The zero-order chi connectivity index (χ0) is 41.1. The van der Waals surface area contributed by atoms with Crippen LogP contribution in [0.3, 0.4) is 0 Å². The molecule has 1 saturated carbocycles. The van der Waals surface area contributed by atoms with Crippen LogP contribution in [-0.2, 0) is 45.3 Å². The average molecular weight is 856 g/mol. The smallest absolute Gasteiger partial charge is 0.274 e. The zero-order valence-electron chi connectivity index (χ0n) is 33.6. The number of hydrogen-bond acceptors (Lipinski definition) is 13. The summed E-state index contributed by atoms with van der Waals surface area (Å²) in [6.07, 6.45) is 20.1. The molecule has 1 aliphatic heterocycles. The van der Waals surface area contributed by atoms with Crippen LogP contribution in [-0.4, -0.2) is 99.2 Å². The zero-order valence-corrected chi connectivity index (χ0v) is 36.3. The van der Waals surface area contributed by atoms with Crippen LogP contribution in [0.15, 0.2) is 41.8 Å². The van der Waals surface area contributed by atoms with Crippen molar-refractivity contribution in [1.82, 2.24) is 19.6 Å². The number of aliphatic hydroxyl groups is 2. The molecule has 5 rings (SSSR count). The minimum Gasteiger partial charge on any atom is -0.386 e. The van der Waals surface area contributed by atoms with Crippen molar-refractivity contribution in [3.63, 3.8) is 0 Å². The lowest BCUT2D eigenvalue weighted by Crippen LogP contribution is -2.46. The van der Waals surface area contributed by atoms with Gasteiger partial charge in [0.25, 0.3) is 7.23 Å². The van der Waals surface area contributed by atoms with Gasteiger partial charge in [0.05, 0.1) is 30.4 Å². The summed E-state index contributed by atoms with van der Waals surface area (Å²) in [5.74, 6) is 0.250. The topological polar surface area (TPSA) is 210 Å². The fourth-order valence-corrected chi connectivity index (χ4v) is 9.70. The highest BCUT2D eigenvalue weighted by atomic mass is 32.2. The number of unbranched alkanes of at least 4 members (excludes halogenated alkanes) is 14. The number of aromatic nitrogens is 4. The minimum absolute atomic E-state index is 0.0141. The number of nitrogens with zero attached hydrogens (tertiary/aromatic N) is 4. The average Bonchev–Trinajstić information content (AvgIpc) is 3.42. The summed E-state index contributed by atoms with van der Waals surface area (Å²) in [6, 6.07) is 4.89. The molecule has 15 nitrogen and oxygen atoms in total. The molecule has 0 amide bonds. The van der Waals surface area contributed by atoms with E-state index in [0.29, 0.717) is 23.4 Å². The lowest BCUT2D eigenvalue weighted by Gasteiger charge is -2.33. The van der Waals surface area contributed by atoms with Gasteiger partial charge in [0, 0.05) is 25.3 Å². The van der Waals surface area contributed by atoms with E-state index < -0.39 is 52.7 Å². The third kappa shape index (κ3) is 12.3. The molecule has 1 saturated heterocycles. The monoisotopic (exact) mass is 855 g/mol. The molecule has 0 bridgehead atoms. The lowest BCUT2D eigenvalue weighted by molar-refractivity contribution is -0.125. The Balaban J connectivity index is 1.06. The third-order valence-corrected chi connectivity index (χ3v) is 13.8. The Morgan fingerprint density at radius 3 is 2.23 bits per heavy atom. The fourth-order valence-electron chi connectivity index (χ4n) is 7.50. The Labute approximate surface area is 339 Å². The number of pyridine rings is 1. The minimum atomic E-state index is -3.78. The van der Waals surface area contributed by atoms with Crippen molar-refractivity contribution < 1.29 is 46.8 Å². The van der Waals surface area contributed by atoms with Gasteiger partial charge in [0.15, 0.2) is 21.3 Å². The van der Waals surface area contributed by atoms with Gasteiger partial charge in [-0.1, -0.05) is 96.8 Å². The van der Waals surface area contributed by atoms with Crippen LogP contribution in [0.4, 0.5) is 5.82 Å². The van der Waals surface area contributed by atoms with E-state index in [1.807, 2.05) is 0 Å². The number of nitrogen functional groups attached to an aromatic ring is 1. The molecule has 7 atom stereocenters. The van der Waals surface area contributed by atoms with Gasteiger partial charge in [-0.2, -0.15) is 5.10 Å². The van der Waals surface area contributed by atoms with Crippen LogP contribution in [0.25, 0.3) is 5.52 Å². The summed E-state index contributed by atoms with van der Waals surface area (Å²) < 4.78 is 55.5. The molecule has 320 valence electrons. The predicted molar refractivity (Wildman–Crippen MR) is 221 cm³/mol. The third-order valence-electron chi connectivity index (χ3n) is 11.0. The Morgan fingerprint density at radius 1 is 1.00 bits per heavy atom. The van der Waals surface area contributed by atoms with Crippen LogP contribution >= 0.6 is 15.8 Å². The quantitative estimate of drug-likeness (QED) is 0.0453. The van der Waals surface area contributed by atoms with Crippen LogP contribution in [0.2, 0.25) is 0 Å². The van der Waals surface area contributed by atoms with E-state index in [4.69, 9.17) is 29.0 Å². The molecule has 5 N–H and O–H groups in total. The number of rotatable bonds is 28. The first-order chi connectivity index (χ1) is 27.2. The van der Waals surface area contributed by atoms with Crippen molar-refractivity contribution in [3.8, 4) is 0 Å². The number of ether oxygens (including phenoxy) is 3. The summed E-state index contributed by atoms with van der Waals surface area (Å²) in [7, 11) is -4.02. The SMILES string of the molecule is CCCCCCCCCCCCCCCCCOC[C@H](COP(O)(=P)OC1[C@H]2O[C@@](C)(c3ccc4c(N)ncnn34)[C@H](O)[C@@]12O)OCc1cncc(S(C)(=O)=O)c1. The number of anilines is 1. The molecular formula is C39H63N5O10P2S. The van der Waals surface area contributed by atoms with E-state index >= 15 is 0 Å². The van der Waals surface area contributed by atoms with Gasteiger partial charge in [-0.25, -0.2) is 17.9 Å². The highest BCUT2D eigenvalue weighted by Crippen LogP contribution is 2.64. The van der Waals surface area contributed by atoms with E-state index in [9.17, 15) is 23.5 Å². The van der Waals surface area contributed by atoms with Gasteiger partial charge in [-0.15, -0.1) is 0 Å². The molecule has 0 aromatic carbocycles. The molecule has 0 spiro atoms. The van der Waals surface area contributed by atoms with Gasteiger partial charge < -0.3 is 44.1 Å². The van der Waals surface area contributed by atoms with Gasteiger partial charge >= 0.3 is 0 Å². The predicted octanol–water partition coefficient (Wildman–Crippen LogP) is 6.52. The molecule has 1 aliphatic carbocycles. The first-order valence-electron chi connectivity index (χ1n) is 20.4. The molecule has 2 fully saturated rings. The van der Waals surface area contributed by atoms with E-state index in [0.717, 1.165) is 25.5 Å². The molecular weight excluding hydrogens is 792 g/mol. The maximum absolute atomic E-state index is 12.1. The Hall–Kier alpha value is -2.07. The highest BCUT2D eigenvalue weighted by Gasteiger charge is 2.81. The molecule has 0 radical (unpaired) electrons. The first-order valence-corrected chi connectivity index (χ1v) is 25.2. The highest BCUT2D eigenvalue weighted by molar-refractivity contribution is 7.90. The summed E-state index contributed by atoms with van der Waals surface area (Å²) in [4.78, 5) is 19.3. The molecule has 3 aromatic heterocycles. The Morgan fingerprint density at radius 2 is 1.63 bits per heavy atom. The fraction of sp³-hybridized carbons (Fsp3) is 0.718. The summed E-state index contributed by atoms with van der Waals surface area (Å²) in [5, 5.41) is 27.1. The van der Waals surface area contributed by atoms with Crippen LogP contribution in [0.5, 0.6) is 0 Å². The Kier molecular flexibility index (Phi) is 16.9. The second kappa shape index (κ2) is 20.9. The van der Waals surface area contributed by atoms with Crippen molar-refractivity contribution in [2.24, 2.45) is 0 Å². The molecule has 57 heavy (non-hydrogen) atoms. The van der Waals surface area contributed by atoms with E-state index in [2.05, 4.69) is 30.5 Å². The second-order valence-corrected chi connectivity index (χ2v) is 20.9. The second-order valence-electron chi connectivity index (χ2n) is 15.7. The number of sulfone groups is 1. The van der Waals surface area contributed by atoms with Crippen LogP contribution < -0.4 is 5.73 Å². The van der Waals surface area contributed by atoms with Crippen LogP contribution in [0, 0.1) is 0 Å². The summed E-state index contributed by atoms with van der Waals surface area (Å²) in [5.41, 5.74) is 4.28. The first kappa shape index (κ1) is 46.0. The van der Waals surface area contributed by atoms with Gasteiger partial charge in [-0.05, 0) is 45.6 Å². The lowest BCUT2D eigenvalue weighted by atomic mass is 9.91. The summed E-state index contributed by atoms with van der Waals surface area (Å²) >= 11 is 0. The van der Waals surface area contributed by atoms with E-state index in [1.165, 1.54) is 106 Å². The van der Waals surface area contributed by atoms with E-state index in [-0.39, 0.29) is 30.5 Å². The van der Waals surface area contributed by atoms with Crippen molar-refractivity contribution in [1.29, 1.82) is 0 Å². The van der Waals surface area contributed by atoms with E-state index in [1.54, 1.807) is 19.1 Å². The maximum atomic E-state index is 12.1. The molecule has 3 aromatic rings. The van der Waals surface area contributed by atoms with Crippen molar-refractivity contribution in [3.05, 3.63) is 48.2 Å². The maximum Gasteiger partial charge on any atom is 0.274 e. The number of hydrogen-bond donors (Lipinski definition) is 4. The van der Waals surface area contributed by atoms with Crippen LogP contribution in [0.1, 0.15) is 121 Å². The largest absolute Gasteiger partial charge is 0.386 e. The molecule has 2 aliphatic rings. The number of fused-ring (bicyclic) bond motifs is 2. The van der Waals surface area contributed by atoms with Crippen molar-refractivity contribution in [2.75, 3.05) is 31.8 Å². The number of aliphatic hydroxyl groups excluding tert-OH is 1. The standard InChI is InChI=1S/C39H63N5O10P2S/c1-4-5-6-7-8-9-10-11-12-13-14-15-16-17-18-21-50-26-30(51-25-29-22-31(24-41-23-29)57(3,48)49)27-52-56(47,55)54-35-34-39(35,46)37(45)38(2,53-34)33-20-19-32-36(40)42-28-43-44(32)33/h19-20,22-24,28,30,34-35,37,45-47,55H,4-18,21,25-27H2,1-3H3,(H2,40,42,43)/t30-,34-,35?,37+,38+,39+,56?/m1/s1. The molecule has 4 heterocycles. The van der Waals surface area contributed by atoms with Crippen molar-refractivity contribution >= 4 is 36.9 Å². The van der Waals surface area contributed by atoms with Gasteiger partial charge in [-0.3, -0.25) is 4.98 Å². The molecule has 18 heteroatoms. The summed E-state index contributed by atoms with van der Waals surface area (Å²) in [6.45, 7) is 4.40. The Bertz CT molecular complexity index is 1890. The molecule has 2 unspecified atom stereocenters. The normalized spacial score (nSPS) is 24.8. The van der Waals surface area contributed by atoms with Gasteiger partial charge in [0.2, 0.25) is 0 Å². The van der Waals surface area contributed by atoms with Crippen molar-refractivity contribution in [2.45, 2.75) is 157 Å². The van der Waals surface area contributed by atoms with Gasteiger partial charge in [0.1, 0.15) is 41.9 Å².